The summed E-state index contributed by atoms with van der Waals surface area (Å²) >= 11 is 0. The fourth-order valence-corrected chi connectivity index (χ4v) is 5.83. The van der Waals surface area contributed by atoms with Crippen LogP contribution in [0, 0.1) is 0 Å². The summed E-state index contributed by atoms with van der Waals surface area (Å²) in [5.41, 5.74) is 2.57. The van der Waals surface area contributed by atoms with Crippen LogP contribution in [0.5, 0.6) is 0 Å². The van der Waals surface area contributed by atoms with Crippen molar-refractivity contribution >= 4 is 26.8 Å². The predicted octanol–water partition coefficient (Wildman–Crippen LogP) is 3.01. The highest BCUT2D eigenvalue weighted by molar-refractivity contribution is 7.88. The molecule has 1 aromatic heterocycles. The summed E-state index contributed by atoms with van der Waals surface area (Å²) in [6.07, 6.45) is 6.79. The number of nitrogens with zero attached hydrogens (tertiary/aromatic N) is 3. The number of sulfonamides is 1. The SMILES string of the molecule is CCn1c(CC[C@@H]2CCCN2C(=O)CN(C2CC2)S(C)(=O)=O)cc2ccccc21. The molecular weight excluding hydrogens is 386 g/mol. The van der Waals surface area contributed by atoms with Crippen LogP contribution in [-0.4, -0.2) is 59.5 Å². The summed E-state index contributed by atoms with van der Waals surface area (Å²) in [7, 11) is -3.34. The zero-order chi connectivity index (χ0) is 20.6. The number of aryl methyl sites for hydroxylation is 2. The van der Waals surface area contributed by atoms with Crippen LogP contribution in [0.15, 0.2) is 30.3 Å². The molecule has 29 heavy (non-hydrogen) atoms. The van der Waals surface area contributed by atoms with Crippen LogP contribution in [0.25, 0.3) is 10.9 Å². The highest BCUT2D eigenvalue weighted by Gasteiger charge is 2.38. The molecule has 2 heterocycles. The van der Waals surface area contributed by atoms with Crippen molar-refractivity contribution in [2.75, 3.05) is 19.3 Å². The van der Waals surface area contributed by atoms with E-state index in [9.17, 15) is 13.2 Å². The Morgan fingerprint density at radius 2 is 1.97 bits per heavy atom. The van der Waals surface area contributed by atoms with Crippen LogP contribution in [-0.2, 0) is 27.8 Å². The summed E-state index contributed by atoms with van der Waals surface area (Å²) in [6.45, 7) is 3.83. The van der Waals surface area contributed by atoms with E-state index >= 15 is 0 Å². The van der Waals surface area contributed by atoms with Gasteiger partial charge in [-0.3, -0.25) is 4.79 Å². The molecule has 1 amide bonds. The van der Waals surface area contributed by atoms with Crippen LogP contribution in [0.1, 0.15) is 44.7 Å². The molecular formula is C22H31N3O3S. The fourth-order valence-electron chi connectivity index (χ4n) is 4.73. The molecule has 2 aromatic rings. The van der Waals surface area contributed by atoms with Gasteiger partial charge in [0.2, 0.25) is 15.9 Å². The molecule has 158 valence electrons. The third-order valence-corrected chi connectivity index (χ3v) is 7.59. The van der Waals surface area contributed by atoms with Crippen molar-refractivity contribution < 1.29 is 13.2 Å². The Morgan fingerprint density at radius 1 is 1.21 bits per heavy atom. The molecule has 1 aliphatic carbocycles. The first-order chi connectivity index (χ1) is 13.9. The highest BCUT2D eigenvalue weighted by atomic mass is 32.2. The smallest absolute Gasteiger partial charge is 0.238 e. The van der Waals surface area contributed by atoms with E-state index in [1.807, 2.05) is 4.90 Å². The Hall–Kier alpha value is -1.86. The third-order valence-electron chi connectivity index (χ3n) is 6.31. The van der Waals surface area contributed by atoms with Gasteiger partial charge in [-0.2, -0.15) is 4.31 Å². The number of fused-ring (bicyclic) bond motifs is 1. The number of hydrogen-bond donors (Lipinski definition) is 0. The lowest BCUT2D eigenvalue weighted by molar-refractivity contribution is -0.132. The molecule has 1 atom stereocenters. The van der Waals surface area contributed by atoms with Gasteiger partial charge in [0.15, 0.2) is 0 Å². The average molecular weight is 418 g/mol. The zero-order valence-corrected chi connectivity index (χ0v) is 18.2. The van der Waals surface area contributed by atoms with E-state index in [2.05, 4.69) is 41.8 Å². The number of carbonyl (C=O) groups excluding carboxylic acids is 1. The third kappa shape index (κ3) is 4.36. The van der Waals surface area contributed by atoms with E-state index in [0.29, 0.717) is 0 Å². The van der Waals surface area contributed by atoms with Crippen molar-refractivity contribution in [3.63, 3.8) is 0 Å². The van der Waals surface area contributed by atoms with Crippen molar-refractivity contribution in [3.8, 4) is 0 Å². The second-order valence-corrected chi connectivity index (χ2v) is 10.3. The van der Waals surface area contributed by atoms with Crippen molar-refractivity contribution in [3.05, 3.63) is 36.0 Å². The van der Waals surface area contributed by atoms with Gasteiger partial charge >= 0.3 is 0 Å². The van der Waals surface area contributed by atoms with E-state index < -0.39 is 10.0 Å². The normalized spacial score (nSPS) is 20.1. The van der Waals surface area contributed by atoms with Crippen molar-refractivity contribution in [1.29, 1.82) is 0 Å². The van der Waals surface area contributed by atoms with Crippen molar-refractivity contribution in [1.82, 2.24) is 13.8 Å². The Bertz CT molecular complexity index is 994. The van der Waals surface area contributed by atoms with E-state index in [0.717, 1.165) is 51.6 Å². The zero-order valence-electron chi connectivity index (χ0n) is 17.4. The lowest BCUT2D eigenvalue weighted by Crippen LogP contribution is -2.45. The lowest BCUT2D eigenvalue weighted by Gasteiger charge is -2.28. The van der Waals surface area contributed by atoms with Crippen LogP contribution in [0.3, 0.4) is 0 Å². The minimum absolute atomic E-state index is 0.00474. The predicted molar refractivity (Wildman–Crippen MR) is 115 cm³/mol. The molecule has 2 aliphatic rings. The minimum Gasteiger partial charge on any atom is -0.345 e. The monoisotopic (exact) mass is 417 g/mol. The van der Waals surface area contributed by atoms with E-state index in [1.165, 1.54) is 27.2 Å². The Kier molecular flexibility index (Phi) is 5.71. The first-order valence-corrected chi connectivity index (χ1v) is 12.6. The van der Waals surface area contributed by atoms with Crippen LogP contribution in [0.2, 0.25) is 0 Å². The topological polar surface area (TPSA) is 62.6 Å². The molecule has 0 unspecified atom stereocenters. The molecule has 0 radical (unpaired) electrons. The van der Waals surface area contributed by atoms with Gasteiger partial charge in [-0.25, -0.2) is 8.42 Å². The molecule has 2 fully saturated rings. The number of amides is 1. The van der Waals surface area contributed by atoms with Gasteiger partial charge in [-0.05, 0) is 63.0 Å². The van der Waals surface area contributed by atoms with E-state index in [1.54, 1.807) is 0 Å². The second kappa shape index (κ2) is 8.11. The Labute approximate surface area is 173 Å². The van der Waals surface area contributed by atoms with Gasteiger partial charge in [-0.1, -0.05) is 18.2 Å². The molecule has 4 rings (SSSR count). The minimum atomic E-state index is -3.34. The van der Waals surface area contributed by atoms with Crippen molar-refractivity contribution in [2.45, 2.75) is 64.1 Å². The number of para-hydroxylation sites is 1. The lowest BCUT2D eigenvalue weighted by atomic mass is 10.1. The molecule has 1 saturated carbocycles. The van der Waals surface area contributed by atoms with Gasteiger partial charge in [0.1, 0.15) is 0 Å². The Morgan fingerprint density at radius 3 is 2.66 bits per heavy atom. The number of carbonyl (C=O) groups is 1. The molecule has 0 N–H and O–H groups in total. The summed E-state index contributed by atoms with van der Waals surface area (Å²) in [4.78, 5) is 14.9. The average Bonchev–Trinajstić information content (AvgIpc) is 3.28. The van der Waals surface area contributed by atoms with Gasteiger partial charge in [0.05, 0.1) is 12.8 Å². The first-order valence-electron chi connectivity index (χ1n) is 10.7. The Balaban J connectivity index is 1.43. The maximum Gasteiger partial charge on any atom is 0.238 e. The summed E-state index contributed by atoms with van der Waals surface area (Å²) in [5.74, 6) is -0.0409. The van der Waals surface area contributed by atoms with Crippen molar-refractivity contribution in [2.24, 2.45) is 0 Å². The molecule has 1 aliphatic heterocycles. The number of rotatable bonds is 8. The fraction of sp³-hybridized carbons (Fsp3) is 0.591. The highest BCUT2D eigenvalue weighted by Crippen LogP contribution is 2.30. The number of aromatic nitrogens is 1. The molecule has 0 bridgehead atoms. The number of hydrogen-bond acceptors (Lipinski definition) is 3. The van der Waals surface area contributed by atoms with E-state index in [4.69, 9.17) is 0 Å². The molecule has 1 saturated heterocycles. The first kappa shape index (κ1) is 20.4. The summed E-state index contributed by atoms with van der Waals surface area (Å²) < 4.78 is 27.9. The van der Waals surface area contributed by atoms with Crippen LogP contribution in [0.4, 0.5) is 0 Å². The standard InChI is InChI=1S/C22H31N3O3S/c1-3-23-20(15-17-7-4-5-9-21(17)23)13-10-18-8-6-14-24(18)22(26)16-25(19-11-12-19)29(2,27)28/h4-5,7,9,15,18-19H,3,6,8,10-14,16H2,1-2H3/t18-/m0/s1. The number of benzene rings is 1. The van der Waals surface area contributed by atoms with Gasteiger partial charge < -0.3 is 9.47 Å². The van der Waals surface area contributed by atoms with Crippen LogP contribution >= 0.6 is 0 Å². The largest absolute Gasteiger partial charge is 0.345 e. The maximum atomic E-state index is 12.9. The second-order valence-electron chi connectivity index (χ2n) is 8.40. The summed E-state index contributed by atoms with van der Waals surface area (Å²) in [6, 6.07) is 10.9. The molecule has 0 spiro atoms. The van der Waals surface area contributed by atoms with Gasteiger partial charge in [0.25, 0.3) is 0 Å². The molecule has 6 nitrogen and oxygen atoms in total. The quantitative estimate of drug-likeness (QED) is 0.663. The molecule has 7 heteroatoms. The van der Waals surface area contributed by atoms with Gasteiger partial charge in [0, 0.05) is 36.4 Å². The molecule has 1 aromatic carbocycles. The van der Waals surface area contributed by atoms with E-state index in [-0.39, 0.29) is 24.5 Å². The summed E-state index contributed by atoms with van der Waals surface area (Å²) in [5, 5.41) is 1.26. The van der Waals surface area contributed by atoms with Crippen LogP contribution < -0.4 is 0 Å². The van der Waals surface area contributed by atoms with Gasteiger partial charge in [-0.15, -0.1) is 0 Å². The maximum absolute atomic E-state index is 12.9. The number of likely N-dealkylation sites (tertiary alicyclic amines) is 1.